The fourth-order valence-electron chi connectivity index (χ4n) is 6.05. The summed E-state index contributed by atoms with van der Waals surface area (Å²) in [7, 11) is 0. The summed E-state index contributed by atoms with van der Waals surface area (Å²) < 4.78 is 0. The minimum Gasteiger partial charge on any atom is -0.302 e. The van der Waals surface area contributed by atoms with Gasteiger partial charge in [0.1, 0.15) is 6.29 Å². The Hall–Kier alpha value is -3.53. The predicted octanol–water partition coefficient (Wildman–Crippen LogP) is 3.74. The van der Waals surface area contributed by atoms with Crippen LogP contribution in [0.15, 0.2) is 72.8 Å². The van der Waals surface area contributed by atoms with Crippen molar-refractivity contribution in [1.29, 1.82) is 0 Å². The number of aryl methyl sites for hydroxylation is 1. The molecule has 3 aliphatic carbocycles. The van der Waals surface area contributed by atoms with Gasteiger partial charge in [-0.2, -0.15) is 0 Å². The predicted molar refractivity (Wildman–Crippen MR) is 112 cm³/mol. The first-order valence-corrected chi connectivity index (χ1v) is 10.2. The molecule has 146 valence electrons. The average Bonchev–Trinajstić information content (AvgIpc) is 3.05. The molecule has 2 bridgehead atoms. The van der Waals surface area contributed by atoms with Gasteiger partial charge in [0, 0.05) is 5.92 Å². The molecule has 4 heteroatoms. The van der Waals surface area contributed by atoms with Crippen molar-refractivity contribution in [2.24, 2.45) is 11.8 Å². The van der Waals surface area contributed by atoms with Crippen molar-refractivity contribution in [3.8, 4) is 0 Å². The molecule has 3 aromatic carbocycles. The SMILES string of the molecule is Cc1cccc(N2C(=O)[C@@H]3C4c5ccccc5C(C=O)(c5ccccc54)[C@H]3C2=O)c1. The second-order valence-corrected chi connectivity index (χ2v) is 8.49. The van der Waals surface area contributed by atoms with Crippen molar-refractivity contribution in [1.82, 2.24) is 0 Å². The maximum Gasteiger partial charge on any atom is 0.239 e. The molecule has 4 aliphatic rings. The molecule has 0 spiro atoms. The summed E-state index contributed by atoms with van der Waals surface area (Å²) >= 11 is 0. The Bertz CT molecular complexity index is 1210. The van der Waals surface area contributed by atoms with Crippen molar-refractivity contribution in [3.63, 3.8) is 0 Å². The zero-order chi connectivity index (χ0) is 20.6. The largest absolute Gasteiger partial charge is 0.302 e. The highest BCUT2D eigenvalue weighted by Gasteiger charge is 2.68. The summed E-state index contributed by atoms with van der Waals surface area (Å²) in [6, 6.07) is 23.0. The van der Waals surface area contributed by atoms with E-state index in [2.05, 4.69) is 0 Å². The molecule has 0 aromatic heterocycles. The van der Waals surface area contributed by atoms with Crippen molar-refractivity contribution in [3.05, 3.63) is 101 Å². The highest BCUT2D eigenvalue weighted by atomic mass is 16.2. The van der Waals surface area contributed by atoms with Crippen LogP contribution in [0.4, 0.5) is 5.69 Å². The molecule has 0 unspecified atom stereocenters. The second kappa shape index (κ2) is 5.76. The van der Waals surface area contributed by atoms with E-state index in [-0.39, 0.29) is 17.7 Å². The van der Waals surface area contributed by atoms with Gasteiger partial charge in [0.05, 0.1) is 22.9 Å². The second-order valence-electron chi connectivity index (χ2n) is 8.49. The molecule has 0 radical (unpaired) electrons. The average molecular weight is 393 g/mol. The quantitative estimate of drug-likeness (QED) is 0.492. The molecular formula is C26H19NO3. The molecule has 2 atom stereocenters. The van der Waals surface area contributed by atoms with Crippen molar-refractivity contribution < 1.29 is 14.4 Å². The fraction of sp³-hybridized carbons (Fsp3) is 0.192. The van der Waals surface area contributed by atoms with Crippen LogP contribution in [-0.4, -0.2) is 18.1 Å². The highest BCUT2D eigenvalue weighted by molar-refractivity contribution is 6.24. The van der Waals surface area contributed by atoms with E-state index >= 15 is 0 Å². The van der Waals surface area contributed by atoms with Gasteiger partial charge in [-0.3, -0.25) is 9.59 Å². The molecule has 1 saturated heterocycles. The Morgan fingerprint density at radius 3 is 2.07 bits per heavy atom. The van der Waals surface area contributed by atoms with Gasteiger partial charge in [-0.25, -0.2) is 4.90 Å². The van der Waals surface area contributed by atoms with Gasteiger partial charge in [0.2, 0.25) is 11.8 Å². The van der Waals surface area contributed by atoms with E-state index in [9.17, 15) is 14.4 Å². The summed E-state index contributed by atoms with van der Waals surface area (Å²) in [6.07, 6.45) is 0.905. The standard InChI is InChI=1S/C26H19NO3/c1-15-7-6-8-16(13-15)27-24(29)22-21-17-9-2-4-11-19(17)26(14-28,23(22)25(27)30)20-12-5-3-10-18(20)21/h2-14,21-23H,1H3/t21?,22-,23-,26?/m1/s1. The zero-order valence-electron chi connectivity index (χ0n) is 16.4. The summed E-state index contributed by atoms with van der Waals surface area (Å²) in [4.78, 5) is 41.7. The maximum absolute atomic E-state index is 13.8. The third kappa shape index (κ3) is 1.85. The van der Waals surface area contributed by atoms with Gasteiger partial charge in [0.15, 0.2) is 0 Å². The number of carbonyl (C=O) groups is 3. The van der Waals surface area contributed by atoms with Crippen LogP contribution in [0.1, 0.15) is 33.7 Å². The van der Waals surface area contributed by atoms with E-state index in [1.807, 2.05) is 73.7 Å². The summed E-state index contributed by atoms with van der Waals surface area (Å²) in [5.74, 6) is -2.02. The van der Waals surface area contributed by atoms with Gasteiger partial charge < -0.3 is 4.79 Å². The van der Waals surface area contributed by atoms with E-state index in [0.29, 0.717) is 5.69 Å². The molecule has 1 heterocycles. The number of amides is 2. The number of nitrogens with zero attached hydrogens (tertiary/aromatic N) is 1. The molecule has 0 saturated carbocycles. The van der Waals surface area contributed by atoms with Crippen LogP contribution in [0.5, 0.6) is 0 Å². The van der Waals surface area contributed by atoms with Crippen LogP contribution in [0.3, 0.4) is 0 Å². The van der Waals surface area contributed by atoms with Gasteiger partial charge in [-0.1, -0.05) is 60.7 Å². The molecule has 3 aromatic rings. The number of rotatable bonds is 2. The van der Waals surface area contributed by atoms with E-state index in [1.54, 1.807) is 6.07 Å². The van der Waals surface area contributed by atoms with E-state index in [4.69, 9.17) is 0 Å². The van der Waals surface area contributed by atoms with Gasteiger partial charge in [-0.15, -0.1) is 0 Å². The number of carbonyl (C=O) groups excluding carboxylic acids is 3. The first-order chi connectivity index (χ1) is 14.6. The van der Waals surface area contributed by atoms with Crippen LogP contribution in [-0.2, 0) is 19.8 Å². The van der Waals surface area contributed by atoms with Crippen LogP contribution < -0.4 is 4.90 Å². The maximum atomic E-state index is 13.8. The van der Waals surface area contributed by atoms with Crippen LogP contribution in [0.2, 0.25) is 0 Å². The lowest BCUT2D eigenvalue weighted by atomic mass is 9.48. The number of hydrogen-bond donors (Lipinski definition) is 0. The summed E-state index contributed by atoms with van der Waals surface area (Å²) in [5, 5.41) is 0. The first-order valence-electron chi connectivity index (χ1n) is 10.2. The van der Waals surface area contributed by atoms with Gasteiger partial charge in [0.25, 0.3) is 0 Å². The number of imide groups is 1. The summed E-state index contributed by atoms with van der Waals surface area (Å²) in [5.41, 5.74) is 4.09. The van der Waals surface area contributed by atoms with E-state index in [1.165, 1.54) is 4.90 Å². The molecule has 2 amide bonds. The minimum atomic E-state index is -1.14. The van der Waals surface area contributed by atoms with Crippen molar-refractivity contribution in [2.45, 2.75) is 18.3 Å². The molecule has 30 heavy (non-hydrogen) atoms. The number of aldehydes is 1. The Labute approximate surface area is 174 Å². The van der Waals surface area contributed by atoms with Gasteiger partial charge >= 0.3 is 0 Å². The number of hydrogen-bond acceptors (Lipinski definition) is 3. The Balaban J connectivity index is 1.66. The molecule has 7 rings (SSSR count). The normalized spacial score (nSPS) is 28.2. The topological polar surface area (TPSA) is 54.5 Å². The highest BCUT2D eigenvalue weighted by Crippen LogP contribution is 2.63. The van der Waals surface area contributed by atoms with Crippen molar-refractivity contribution >= 4 is 23.8 Å². The fourth-order valence-corrected chi connectivity index (χ4v) is 6.05. The lowest BCUT2D eigenvalue weighted by Crippen LogP contribution is -2.54. The van der Waals surface area contributed by atoms with Gasteiger partial charge in [-0.05, 0) is 46.9 Å². The molecular weight excluding hydrogens is 374 g/mol. The van der Waals surface area contributed by atoms with Crippen LogP contribution in [0, 0.1) is 18.8 Å². The molecule has 1 aliphatic heterocycles. The third-order valence-electron chi connectivity index (χ3n) is 7.13. The Morgan fingerprint density at radius 1 is 0.833 bits per heavy atom. The van der Waals surface area contributed by atoms with E-state index < -0.39 is 17.3 Å². The number of benzene rings is 3. The smallest absolute Gasteiger partial charge is 0.239 e. The lowest BCUT2D eigenvalue weighted by molar-refractivity contribution is -0.128. The molecule has 1 fully saturated rings. The number of anilines is 1. The zero-order valence-corrected chi connectivity index (χ0v) is 16.4. The first kappa shape index (κ1) is 17.3. The Morgan fingerprint density at radius 2 is 1.47 bits per heavy atom. The van der Waals surface area contributed by atoms with Crippen molar-refractivity contribution in [2.75, 3.05) is 4.90 Å². The monoisotopic (exact) mass is 393 g/mol. The minimum absolute atomic E-state index is 0.212. The van der Waals surface area contributed by atoms with E-state index in [0.717, 1.165) is 34.1 Å². The molecule has 0 N–H and O–H groups in total. The molecule has 4 nitrogen and oxygen atoms in total. The Kier molecular flexibility index (Phi) is 3.33. The van der Waals surface area contributed by atoms with Crippen LogP contribution in [0.25, 0.3) is 0 Å². The van der Waals surface area contributed by atoms with Crippen LogP contribution >= 0.6 is 0 Å². The summed E-state index contributed by atoms with van der Waals surface area (Å²) in [6.45, 7) is 1.93. The third-order valence-corrected chi connectivity index (χ3v) is 7.13. The lowest BCUT2D eigenvalue weighted by Gasteiger charge is -2.51.